The maximum absolute atomic E-state index is 5.29. The van der Waals surface area contributed by atoms with E-state index in [1.54, 1.807) is 7.11 Å². The molecule has 1 fully saturated rings. The van der Waals surface area contributed by atoms with Crippen LogP contribution in [0, 0.1) is 6.92 Å². The van der Waals surface area contributed by atoms with E-state index in [0.29, 0.717) is 12.0 Å². The molecular weight excluding hydrogens is 246 g/mol. The van der Waals surface area contributed by atoms with Gasteiger partial charge in [0, 0.05) is 18.5 Å². The SMILES string of the molecule is COc1ccc(CN[C@@H]2C[C@H]2c2ccccc2)cc1C. The van der Waals surface area contributed by atoms with Crippen LogP contribution in [-0.2, 0) is 6.54 Å². The van der Waals surface area contributed by atoms with Crippen LogP contribution in [0.15, 0.2) is 48.5 Å². The molecule has 1 aliphatic carbocycles. The Morgan fingerprint density at radius 3 is 2.65 bits per heavy atom. The summed E-state index contributed by atoms with van der Waals surface area (Å²) in [6.45, 7) is 3.02. The first-order valence-corrected chi connectivity index (χ1v) is 7.20. The minimum atomic E-state index is 0.625. The number of aryl methyl sites for hydroxylation is 1. The number of methoxy groups -OCH3 is 1. The Balaban J connectivity index is 1.55. The third-order valence-corrected chi connectivity index (χ3v) is 4.05. The van der Waals surface area contributed by atoms with E-state index in [9.17, 15) is 0 Å². The van der Waals surface area contributed by atoms with Gasteiger partial charge in [-0.25, -0.2) is 0 Å². The highest BCUT2D eigenvalue weighted by molar-refractivity contribution is 5.36. The van der Waals surface area contributed by atoms with Crippen molar-refractivity contribution < 1.29 is 4.74 Å². The minimum absolute atomic E-state index is 0.625. The average molecular weight is 267 g/mol. The number of benzene rings is 2. The fourth-order valence-corrected chi connectivity index (χ4v) is 2.79. The van der Waals surface area contributed by atoms with Gasteiger partial charge in [0.2, 0.25) is 0 Å². The van der Waals surface area contributed by atoms with E-state index in [-0.39, 0.29) is 0 Å². The van der Waals surface area contributed by atoms with Gasteiger partial charge in [0.15, 0.2) is 0 Å². The van der Waals surface area contributed by atoms with Gasteiger partial charge in [0.25, 0.3) is 0 Å². The summed E-state index contributed by atoms with van der Waals surface area (Å²) in [5, 5.41) is 3.65. The highest BCUT2D eigenvalue weighted by atomic mass is 16.5. The van der Waals surface area contributed by atoms with Crippen LogP contribution in [0.4, 0.5) is 0 Å². The maximum atomic E-state index is 5.29. The van der Waals surface area contributed by atoms with Crippen LogP contribution in [-0.4, -0.2) is 13.2 Å². The normalized spacial score (nSPS) is 20.7. The lowest BCUT2D eigenvalue weighted by molar-refractivity contribution is 0.411. The van der Waals surface area contributed by atoms with Gasteiger partial charge in [-0.3, -0.25) is 0 Å². The van der Waals surface area contributed by atoms with Gasteiger partial charge in [-0.15, -0.1) is 0 Å². The van der Waals surface area contributed by atoms with Crippen LogP contribution in [0.3, 0.4) is 0 Å². The second-order valence-electron chi connectivity index (χ2n) is 5.54. The number of ether oxygens (including phenoxy) is 1. The molecule has 0 bridgehead atoms. The lowest BCUT2D eigenvalue weighted by atomic mass is 10.1. The molecule has 1 N–H and O–H groups in total. The molecule has 3 rings (SSSR count). The topological polar surface area (TPSA) is 21.3 Å². The summed E-state index contributed by atoms with van der Waals surface area (Å²) in [6, 6.07) is 17.8. The third kappa shape index (κ3) is 2.86. The molecule has 20 heavy (non-hydrogen) atoms. The van der Waals surface area contributed by atoms with E-state index in [0.717, 1.165) is 12.3 Å². The standard InChI is InChI=1S/C18H21NO/c1-13-10-14(8-9-18(13)20-2)12-19-17-11-16(17)15-6-4-3-5-7-15/h3-10,16-17,19H,11-12H2,1-2H3/t16-,17+/m0/s1. The summed E-state index contributed by atoms with van der Waals surface area (Å²) in [4.78, 5) is 0. The Morgan fingerprint density at radius 2 is 1.95 bits per heavy atom. The van der Waals surface area contributed by atoms with Gasteiger partial charge in [-0.2, -0.15) is 0 Å². The van der Waals surface area contributed by atoms with Crippen molar-refractivity contribution in [1.29, 1.82) is 0 Å². The predicted octanol–water partition coefficient (Wildman–Crippen LogP) is 3.65. The van der Waals surface area contributed by atoms with Crippen LogP contribution in [0.2, 0.25) is 0 Å². The molecule has 1 saturated carbocycles. The number of nitrogens with one attached hydrogen (secondary N) is 1. The Kier molecular flexibility index (Phi) is 3.75. The Hall–Kier alpha value is -1.80. The predicted molar refractivity (Wildman–Crippen MR) is 82.2 cm³/mol. The molecule has 0 heterocycles. The fraction of sp³-hybridized carbons (Fsp3) is 0.333. The molecule has 1 aliphatic rings. The lowest BCUT2D eigenvalue weighted by Gasteiger charge is -2.08. The molecule has 0 radical (unpaired) electrons. The number of rotatable bonds is 5. The van der Waals surface area contributed by atoms with Crippen molar-refractivity contribution in [2.24, 2.45) is 0 Å². The van der Waals surface area contributed by atoms with Crippen molar-refractivity contribution in [3.8, 4) is 5.75 Å². The molecular formula is C18H21NO. The van der Waals surface area contributed by atoms with Crippen LogP contribution in [0.5, 0.6) is 5.75 Å². The summed E-state index contributed by atoms with van der Waals surface area (Å²) < 4.78 is 5.29. The first-order valence-electron chi connectivity index (χ1n) is 7.20. The van der Waals surface area contributed by atoms with E-state index >= 15 is 0 Å². The molecule has 2 heteroatoms. The largest absolute Gasteiger partial charge is 0.496 e. The van der Waals surface area contributed by atoms with E-state index in [1.165, 1.54) is 23.1 Å². The van der Waals surface area contributed by atoms with Crippen molar-refractivity contribution in [3.05, 3.63) is 65.2 Å². The van der Waals surface area contributed by atoms with E-state index < -0.39 is 0 Å². The first kappa shape index (κ1) is 13.2. The average Bonchev–Trinajstić information content (AvgIpc) is 3.26. The second-order valence-corrected chi connectivity index (χ2v) is 5.54. The zero-order valence-corrected chi connectivity index (χ0v) is 12.1. The molecule has 0 aliphatic heterocycles. The fourth-order valence-electron chi connectivity index (χ4n) is 2.79. The maximum Gasteiger partial charge on any atom is 0.121 e. The van der Waals surface area contributed by atoms with Gasteiger partial charge >= 0.3 is 0 Å². The smallest absolute Gasteiger partial charge is 0.121 e. The molecule has 0 spiro atoms. The Labute approximate surface area is 120 Å². The highest BCUT2D eigenvalue weighted by Gasteiger charge is 2.37. The molecule has 2 aromatic carbocycles. The van der Waals surface area contributed by atoms with Crippen LogP contribution >= 0.6 is 0 Å². The molecule has 2 nitrogen and oxygen atoms in total. The van der Waals surface area contributed by atoms with Crippen molar-refractivity contribution in [3.63, 3.8) is 0 Å². The third-order valence-electron chi connectivity index (χ3n) is 4.05. The molecule has 2 atom stereocenters. The van der Waals surface area contributed by atoms with Crippen molar-refractivity contribution in [2.45, 2.75) is 31.8 Å². The second kappa shape index (κ2) is 5.68. The van der Waals surface area contributed by atoms with Crippen molar-refractivity contribution in [1.82, 2.24) is 5.32 Å². The van der Waals surface area contributed by atoms with Crippen LogP contribution in [0.25, 0.3) is 0 Å². The Bertz CT molecular complexity index is 579. The lowest BCUT2D eigenvalue weighted by Crippen LogP contribution is -2.17. The van der Waals surface area contributed by atoms with Gasteiger partial charge < -0.3 is 10.1 Å². The van der Waals surface area contributed by atoms with Gasteiger partial charge in [0.1, 0.15) is 5.75 Å². The van der Waals surface area contributed by atoms with Crippen LogP contribution in [0.1, 0.15) is 29.0 Å². The first-order chi connectivity index (χ1) is 9.78. The summed E-state index contributed by atoms with van der Waals surface area (Å²) in [5.41, 5.74) is 3.97. The summed E-state index contributed by atoms with van der Waals surface area (Å²) in [5.74, 6) is 1.65. The van der Waals surface area contributed by atoms with Gasteiger partial charge in [-0.1, -0.05) is 42.5 Å². The van der Waals surface area contributed by atoms with Gasteiger partial charge in [0.05, 0.1) is 7.11 Å². The molecule has 0 unspecified atom stereocenters. The number of hydrogen-bond acceptors (Lipinski definition) is 2. The molecule has 0 amide bonds. The molecule has 2 aromatic rings. The van der Waals surface area contributed by atoms with Crippen molar-refractivity contribution >= 4 is 0 Å². The zero-order chi connectivity index (χ0) is 13.9. The quantitative estimate of drug-likeness (QED) is 0.893. The molecule has 0 saturated heterocycles. The summed E-state index contributed by atoms with van der Waals surface area (Å²) in [7, 11) is 1.72. The Morgan fingerprint density at radius 1 is 1.15 bits per heavy atom. The zero-order valence-electron chi connectivity index (χ0n) is 12.1. The highest BCUT2D eigenvalue weighted by Crippen LogP contribution is 2.40. The number of hydrogen-bond donors (Lipinski definition) is 1. The van der Waals surface area contributed by atoms with Crippen molar-refractivity contribution in [2.75, 3.05) is 7.11 Å². The van der Waals surface area contributed by atoms with Gasteiger partial charge in [-0.05, 0) is 36.1 Å². The summed E-state index contributed by atoms with van der Waals surface area (Å²) in [6.07, 6.45) is 1.25. The molecule has 0 aromatic heterocycles. The monoisotopic (exact) mass is 267 g/mol. The molecule has 104 valence electrons. The van der Waals surface area contributed by atoms with E-state index in [2.05, 4.69) is 54.7 Å². The minimum Gasteiger partial charge on any atom is -0.496 e. The van der Waals surface area contributed by atoms with E-state index in [4.69, 9.17) is 4.74 Å². The van der Waals surface area contributed by atoms with Crippen LogP contribution < -0.4 is 10.1 Å². The van der Waals surface area contributed by atoms with E-state index in [1.807, 2.05) is 6.07 Å². The summed E-state index contributed by atoms with van der Waals surface area (Å²) >= 11 is 0.